The first-order valence-corrected chi connectivity index (χ1v) is 7.19. The van der Waals surface area contributed by atoms with E-state index in [1.165, 1.54) is 0 Å². The van der Waals surface area contributed by atoms with Crippen LogP contribution in [-0.4, -0.2) is 51.1 Å². The molecular formula is C16H13NO8. The van der Waals surface area contributed by atoms with Crippen LogP contribution in [0.1, 0.15) is 10.5 Å². The lowest BCUT2D eigenvalue weighted by Crippen LogP contribution is -2.33. The van der Waals surface area contributed by atoms with Crippen molar-refractivity contribution in [3.05, 3.63) is 57.8 Å². The van der Waals surface area contributed by atoms with Gasteiger partial charge in [0.05, 0.1) is 0 Å². The summed E-state index contributed by atoms with van der Waals surface area (Å²) in [6, 6.07) is 7.66. The van der Waals surface area contributed by atoms with Gasteiger partial charge in [-0.1, -0.05) is 12.1 Å². The third kappa shape index (κ3) is 3.04. The first kappa shape index (κ1) is 16.5. The van der Waals surface area contributed by atoms with Crippen molar-refractivity contribution in [2.45, 2.75) is 12.2 Å². The number of hydrogen-bond acceptors (Lipinski definition) is 8. The van der Waals surface area contributed by atoms with Crippen molar-refractivity contribution in [2.24, 2.45) is 0 Å². The monoisotopic (exact) mass is 347 g/mol. The summed E-state index contributed by atoms with van der Waals surface area (Å²) in [5.74, 6) is -3.95. The molecule has 25 heavy (non-hydrogen) atoms. The second-order valence-corrected chi connectivity index (χ2v) is 5.32. The number of aliphatic hydroxyl groups excluding tert-OH is 3. The normalized spacial score (nSPS) is 18.3. The summed E-state index contributed by atoms with van der Waals surface area (Å²) in [6.45, 7) is -0.636. The molecule has 0 aliphatic carbocycles. The zero-order valence-corrected chi connectivity index (χ0v) is 12.6. The Hall–Kier alpha value is -3.33. The van der Waals surface area contributed by atoms with Gasteiger partial charge < -0.3 is 29.8 Å². The van der Waals surface area contributed by atoms with Crippen LogP contribution in [0.5, 0.6) is 0 Å². The highest BCUT2D eigenvalue weighted by Crippen LogP contribution is 2.21. The highest BCUT2D eigenvalue weighted by Gasteiger charge is 2.39. The van der Waals surface area contributed by atoms with Crippen molar-refractivity contribution >= 4 is 22.8 Å². The van der Waals surface area contributed by atoms with Gasteiger partial charge in [0.1, 0.15) is 18.4 Å². The Balaban J connectivity index is 1.71. The molecule has 1 aliphatic heterocycles. The van der Waals surface area contributed by atoms with Gasteiger partial charge in [0.15, 0.2) is 17.3 Å². The number of esters is 2. The summed E-state index contributed by atoms with van der Waals surface area (Å²) in [6.07, 6.45) is -3.12. The van der Waals surface area contributed by atoms with Crippen LogP contribution in [-0.2, 0) is 14.3 Å². The number of para-hydroxylation sites is 1. The van der Waals surface area contributed by atoms with Crippen LogP contribution in [0.15, 0.2) is 46.6 Å². The Morgan fingerprint density at radius 2 is 2.00 bits per heavy atom. The van der Waals surface area contributed by atoms with E-state index in [0.29, 0.717) is 10.9 Å². The molecule has 4 N–H and O–H groups in total. The van der Waals surface area contributed by atoms with Gasteiger partial charge in [-0.25, -0.2) is 9.59 Å². The Kier molecular flexibility index (Phi) is 4.15. The van der Waals surface area contributed by atoms with Crippen LogP contribution in [0.25, 0.3) is 10.9 Å². The minimum atomic E-state index is -1.59. The standard InChI is InChI=1S/C16H13NO8/c18-10-5-9(17-8-4-2-1-3-7(8)10)15(22)24-6-11(19)14-12(20)13(21)16(23)25-14/h1-5,11,14,19-21H,6H2,(H,17,18)/t11-,14-/m1/s1. The molecule has 0 bridgehead atoms. The maximum atomic E-state index is 12.0. The lowest BCUT2D eigenvalue weighted by molar-refractivity contribution is -0.147. The van der Waals surface area contributed by atoms with Crippen molar-refractivity contribution < 1.29 is 34.4 Å². The van der Waals surface area contributed by atoms with Crippen LogP contribution < -0.4 is 5.43 Å². The van der Waals surface area contributed by atoms with Crippen LogP contribution >= 0.6 is 0 Å². The second-order valence-electron chi connectivity index (χ2n) is 5.32. The Morgan fingerprint density at radius 3 is 2.68 bits per heavy atom. The van der Waals surface area contributed by atoms with Crippen LogP contribution in [0, 0.1) is 0 Å². The predicted molar refractivity (Wildman–Crippen MR) is 83.0 cm³/mol. The van der Waals surface area contributed by atoms with E-state index >= 15 is 0 Å². The molecule has 2 heterocycles. The zero-order valence-electron chi connectivity index (χ0n) is 12.6. The van der Waals surface area contributed by atoms with Gasteiger partial charge in [-0.05, 0) is 12.1 Å². The molecule has 0 spiro atoms. The van der Waals surface area contributed by atoms with E-state index in [2.05, 4.69) is 9.72 Å². The number of aromatic nitrogens is 1. The molecule has 2 aromatic rings. The van der Waals surface area contributed by atoms with E-state index in [1.807, 2.05) is 0 Å². The molecule has 1 aromatic carbocycles. The average Bonchev–Trinajstić information content (AvgIpc) is 2.87. The molecule has 2 atom stereocenters. The number of hydrogen-bond donors (Lipinski definition) is 4. The lowest BCUT2D eigenvalue weighted by atomic mass is 10.2. The minimum absolute atomic E-state index is 0.123. The number of carbonyl (C=O) groups is 2. The minimum Gasteiger partial charge on any atom is -0.505 e. The Morgan fingerprint density at radius 1 is 1.28 bits per heavy atom. The lowest BCUT2D eigenvalue weighted by Gasteiger charge is -2.17. The third-order valence-electron chi connectivity index (χ3n) is 3.63. The van der Waals surface area contributed by atoms with Gasteiger partial charge in [-0.15, -0.1) is 0 Å². The molecule has 130 valence electrons. The largest absolute Gasteiger partial charge is 0.505 e. The molecule has 9 nitrogen and oxygen atoms in total. The molecule has 0 fully saturated rings. The Labute approximate surface area is 139 Å². The highest BCUT2D eigenvalue weighted by atomic mass is 16.6. The van der Waals surface area contributed by atoms with Gasteiger partial charge in [0.2, 0.25) is 5.76 Å². The number of aromatic amines is 1. The molecule has 0 saturated carbocycles. The highest BCUT2D eigenvalue weighted by molar-refractivity contribution is 5.91. The molecule has 9 heteroatoms. The number of ether oxygens (including phenoxy) is 2. The topological polar surface area (TPSA) is 146 Å². The Bertz CT molecular complexity index is 945. The van der Waals surface area contributed by atoms with Crippen molar-refractivity contribution in [1.82, 2.24) is 4.98 Å². The maximum Gasteiger partial charge on any atom is 0.377 e. The summed E-state index contributed by atoms with van der Waals surface area (Å²) in [7, 11) is 0. The van der Waals surface area contributed by atoms with E-state index < -0.39 is 42.3 Å². The number of rotatable bonds is 4. The van der Waals surface area contributed by atoms with E-state index in [9.17, 15) is 24.6 Å². The first-order valence-electron chi connectivity index (χ1n) is 7.19. The summed E-state index contributed by atoms with van der Waals surface area (Å²) < 4.78 is 9.41. The number of cyclic esters (lactones) is 1. The fraction of sp³-hybridized carbons (Fsp3) is 0.188. The molecule has 1 aliphatic rings. The molecular weight excluding hydrogens is 334 g/mol. The molecule has 0 saturated heterocycles. The van der Waals surface area contributed by atoms with Gasteiger partial charge in [-0.2, -0.15) is 0 Å². The fourth-order valence-electron chi connectivity index (χ4n) is 2.36. The van der Waals surface area contributed by atoms with E-state index in [1.54, 1.807) is 24.3 Å². The van der Waals surface area contributed by atoms with Gasteiger partial charge in [-0.3, -0.25) is 4.79 Å². The van der Waals surface area contributed by atoms with E-state index in [0.717, 1.165) is 6.07 Å². The first-order chi connectivity index (χ1) is 11.9. The average molecular weight is 347 g/mol. The smallest absolute Gasteiger partial charge is 0.377 e. The summed E-state index contributed by atoms with van der Waals surface area (Å²) in [4.78, 5) is 37.8. The van der Waals surface area contributed by atoms with E-state index in [4.69, 9.17) is 9.84 Å². The summed E-state index contributed by atoms with van der Waals surface area (Å²) in [5.41, 5.74) is -0.0586. The quantitative estimate of drug-likeness (QED) is 0.578. The van der Waals surface area contributed by atoms with Gasteiger partial charge >= 0.3 is 11.9 Å². The van der Waals surface area contributed by atoms with Crippen molar-refractivity contribution in [3.8, 4) is 0 Å². The summed E-state index contributed by atoms with van der Waals surface area (Å²) >= 11 is 0. The van der Waals surface area contributed by atoms with Crippen LogP contribution in [0.2, 0.25) is 0 Å². The molecule has 0 radical (unpaired) electrons. The van der Waals surface area contributed by atoms with Crippen molar-refractivity contribution in [3.63, 3.8) is 0 Å². The number of carbonyl (C=O) groups excluding carboxylic acids is 2. The number of H-pyrrole nitrogens is 1. The summed E-state index contributed by atoms with van der Waals surface area (Å²) in [5, 5.41) is 28.9. The molecule has 3 rings (SSSR count). The molecule has 0 amide bonds. The van der Waals surface area contributed by atoms with Gasteiger partial charge in [0.25, 0.3) is 0 Å². The number of benzene rings is 1. The number of pyridine rings is 1. The third-order valence-corrected chi connectivity index (χ3v) is 3.63. The second kappa shape index (κ2) is 6.29. The van der Waals surface area contributed by atoms with Crippen molar-refractivity contribution in [2.75, 3.05) is 6.61 Å². The fourth-order valence-corrected chi connectivity index (χ4v) is 2.36. The van der Waals surface area contributed by atoms with E-state index in [-0.39, 0.29) is 11.1 Å². The van der Waals surface area contributed by atoms with Gasteiger partial charge in [0, 0.05) is 17.0 Å². The van der Waals surface area contributed by atoms with Crippen LogP contribution in [0.3, 0.4) is 0 Å². The predicted octanol–water partition coefficient (Wildman–Crippen LogP) is 0.299. The van der Waals surface area contributed by atoms with Crippen molar-refractivity contribution in [1.29, 1.82) is 0 Å². The molecule has 0 unspecified atom stereocenters. The zero-order chi connectivity index (χ0) is 18.1. The number of aliphatic hydroxyl groups is 3. The van der Waals surface area contributed by atoms with Crippen LogP contribution in [0.4, 0.5) is 0 Å². The number of fused-ring (bicyclic) bond motifs is 1. The SMILES string of the molecule is O=C1O[C@H]([C@H](O)COC(=O)c2cc(=O)c3ccccc3[nH]2)C(O)=C1O. The number of nitrogens with one attached hydrogen (secondary N) is 1. The maximum absolute atomic E-state index is 12.0. The molecule has 1 aromatic heterocycles.